The van der Waals surface area contributed by atoms with Crippen molar-refractivity contribution in [3.63, 3.8) is 0 Å². The van der Waals surface area contributed by atoms with Crippen LogP contribution in [0.5, 0.6) is 0 Å². The van der Waals surface area contributed by atoms with E-state index in [1.807, 2.05) is 24.3 Å². The van der Waals surface area contributed by atoms with Crippen LogP contribution >= 0.6 is 0 Å². The number of aromatic nitrogens is 6. The summed E-state index contributed by atoms with van der Waals surface area (Å²) in [5.41, 5.74) is 4.67. The lowest BCUT2D eigenvalue weighted by molar-refractivity contribution is -0.113. The Morgan fingerprint density at radius 3 is 2.57 bits per heavy atom. The SMILES string of the molecule is O=C(c1nc2ccc(-c3nccc(Nc4ccc(-c5cnc[nH]5)cc4)n3)cc2[nH]1)N1CC(F)(F)C1. The van der Waals surface area contributed by atoms with Crippen LogP contribution in [-0.2, 0) is 0 Å². The van der Waals surface area contributed by atoms with E-state index in [2.05, 4.69) is 35.2 Å². The quantitative estimate of drug-likeness (QED) is 0.352. The highest BCUT2D eigenvalue weighted by Gasteiger charge is 2.47. The molecule has 1 aliphatic heterocycles. The molecule has 0 bridgehead atoms. The van der Waals surface area contributed by atoms with Crippen LogP contribution in [-0.4, -0.2) is 59.7 Å². The Bertz CT molecular complexity index is 1520. The molecule has 0 atom stereocenters. The van der Waals surface area contributed by atoms with E-state index >= 15 is 0 Å². The van der Waals surface area contributed by atoms with E-state index in [0.717, 1.165) is 21.8 Å². The van der Waals surface area contributed by atoms with E-state index < -0.39 is 24.9 Å². The summed E-state index contributed by atoms with van der Waals surface area (Å²) in [4.78, 5) is 36.7. The highest BCUT2D eigenvalue weighted by atomic mass is 19.3. The van der Waals surface area contributed by atoms with E-state index in [9.17, 15) is 13.6 Å². The fraction of sp³-hybridized carbons (Fsp3) is 0.125. The van der Waals surface area contributed by atoms with Crippen molar-refractivity contribution in [2.45, 2.75) is 5.92 Å². The lowest BCUT2D eigenvalue weighted by Gasteiger charge is -2.37. The third kappa shape index (κ3) is 4.07. The van der Waals surface area contributed by atoms with Crippen molar-refractivity contribution in [3.05, 3.63) is 73.1 Å². The Morgan fingerprint density at radius 1 is 1.03 bits per heavy atom. The topological polar surface area (TPSA) is 115 Å². The zero-order chi connectivity index (χ0) is 24.0. The Labute approximate surface area is 197 Å². The molecule has 0 aliphatic carbocycles. The minimum atomic E-state index is -2.83. The number of aromatic amines is 2. The second kappa shape index (κ2) is 7.97. The number of nitrogens with one attached hydrogen (secondary N) is 3. The summed E-state index contributed by atoms with van der Waals surface area (Å²) >= 11 is 0. The van der Waals surface area contributed by atoms with Gasteiger partial charge < -0.3 is 20.2 Å². The number of fused-ring (bicyclic) bond motifs is 1. The highest BCUT2D eigenvalue weighted by molar-refractivity contribution is 5.95. The maximum atomic E-state index is 13.1. The number of halogens is 2. The van der Waals surface area contributed by atoms with Gasteiger partial charge >= 0.3 is 0 Å². The molecule has 1 aliphatic rings. The highest BCUT2D eigenvalue weighted by Crippen LogP contribution is 2.29. The molecule has 1 amide bonds. The molecule has 174 valence electrons. The monoisotopic (exact) mass is 472 g/mol. The number of likely N-dealkylation sites (tertiary alicyclic amines) is 1. The van der Waals surface area contributed by atoms with Crippen molar-refractivity contribution in [1.82, 2.24) is 34.8 Å². The molecule has 2 aromatic carbocycles. The molecule has 5 aromatic rings. The van der Waals surface area contributed by atoms with Crippen LogP contribution in [0.4, 0.5) is 20.3 Å². The average Bonchev–Trinajstić information content (AvgIpc) is 3.52. The van der Waals surface area contributed by atoms with Crippen LogP contribution in [0, 0.1) is 0 Å². The standard InChI is InChI=1S/C24H18F2N8O/c25-24(26)11-34(12-24)23(35)22-31-17-6-3-15(9-18(17)32-22)21-28-8-7-20(33-21)30-16-4-1-14(2-5-16)19-10-27-13-29-19/h1-10,13H,11-12H2,(H,27,29)(H,31,32)(H,28,30,33). The van der Waals surface area contributed by atoms with Crippen LogP contribution < -0.4 is 5.32 Å². The fourth-order valence-corrected chi connectivity index (χ4v) is 3.92. The van der Waals surface area contributed by atoms with E-state index in [1.54, 1.807) is 43.0 Å². The number of rotatable bonds is 5. The first-order chi connectivity index (χ1) is 16.9. The molecule has 3 N–H and O–H groups in total. The molecule has 4 heterocycles. The molecule has 6 rings (SSSR count). The van der Waals surface area contributed by atoms with Gasteiger partial charge in [0.15, 0.2) is 11.6 Å². The molecule has 3 aromatic heterocycles. The maximum Gasteiger partial charge on any atom is 0.290 e. The molecular formula is C24H18F2N8O. The zero-order valence-corrected chi connectivity index (χ0v) is 18.2. The lowest BCUT2D eigenvalue weighted by atomic mass is 10.1. The number of carbonyl (C=O) groups excluding carboxylic acids is 1. The molecule has 0 radical (unpaired) electrons. The first-order valence-electron chi connectivity index (χ1n) is 10.8. The molecule has 35 heavy (non-hydrogen) atoms. The van der Waals surface area contributed by atoms with Crippen LogP contribution in [0.2, 0.25) is 0 Å². The second-order valence-corrected chi connectivity index (χ2v) is 8.27. The van der Waals surface area contributed by atoms with E-state index in [1.165, 1.54) is 0 Å². The molecule has 0 saturated carbocycles. The number of amides is 1. The molecular weight excluding hydrogens is 454 g/mol. The minimum absolute atomic E-state index is 0.0302. The van der Waals surface area contributed by atoms with E-state index in [-0.39, 0.29) is 5.82 Å². The molecule has 0 spiro atoms. The van der Waals surface area contributed by atoms with Gasteiger partial charge in [-0.25, -0.2) is 28.7 Å². The van der Waals surface area contributed by atoms with Crippen molar-refractivity contribution in [1.29, 1.82) is 0 Å². The molecule has 9 nitrogen and oxygen atoms in total. The number of benzene rings is 2. The first kappa shape index (κ1) is 20.9. The van der Waals surface area contributed by atoms with Crippen molar-refractivity contribution >= 4 is 28.4 Å². The normalized spacial score (nSPS) is 14.6. The van der Waals surface area contributed by atoms with Gasteiger partial charge in [0.2, 0.25) is 0 Å². The van der Waals surface area contributed by atoms with Gasteiger partial charge in [-0.15, -0.1) is 0 Å². The maximum absolute atomic E-state index is 13.1. The minimum Gasteiger partial charge on any atom is -0.345 e. The van der Waals surface area contributed by atoms with Gasteiger partial charge in [-0.05, 0) is 42.0 Å². The van der Waals surface area contributed by atoms with Gasteiger partial charge in [0.05, 0.1) is 42.3 Å². The Hall–Kier alpha value is -4.67. The summed E-state index contributed by atoms with van der Waals surface area (Å²) in [5, 5.41) is 3.27. The van der Waals surface area contributed by atoms with Gasteiger partial charge in [0.1, 0.15) is 5.82 Å². The lowest BCUT2D eigenvalue weighted by Crippen LogP contribution is -2.58. The number of hydrogen-bond donors (Lipinski definition) is 3. The summed E-state index contributed by atoms with van der Waals surface area (Å²) < 4.78 is 26.2. The first-order valence-corrected chi connectivity index (χ1v) is 10.8. The van der Waals surface area contributed by atoms with Crippen LogP contribution in [0.15, 0.2) is 67.3 Å². The third-order valence-electron chi connectivity index (χ3n) is 5.70. The van der Waals surface area contributed by atoms with Gasteiger partial charge in [-0.2, -0.15) is 0 Å². The predicted octanol–water partition coefficient (Wildman–Crippen LogP) is 4.24. The number of anilines is 2. The van der Waals surface area contributed by atoms with Gasteiger partial charge in [-0.3, -0.25) is 4.79 Å². The summed E-state index contributed by atoms with van der Waals surface area (Å²) in [6.45, 7) is -1.18. The van der Waals surface area contributed by atoms with Gasteiger partial charge in [0.25, 0.3) is 11.8 Å². The fourth-order valence-electron chi connectivity index (χ4n) is 3.92. The molecule has 11 heteroatoms. The Kier molecular flexibility index (Phi) is 4.76. The number of nitrogens with zero attached hydrogens (tertiary/aromatic N) is 5. The third-order valence-corrected chi connectivity index (χ3v) is 5.70. The predicted molar refractivity (Wildman–Crippen MR) is 125 cm³/mol. The zero-order valence-electron chi connectivity index (χ0n) is 18.2. The number of hydrogen-bond acceptors (Lipinski definition) is 6. The van der Waals surface area contributed by atoms with E-state index in [0.29, 0.717) is 28.2 Å². The summed E-state index contributed by atoms with van der Waals surface area (Å²) in [5.74, 6) is -2.25. The average molecular weight is 472 g/mol. The largest absolute Gasteiger partial charge is 0.345 e. The van der Waals surface area contributed by atoms with Crippen LogP contribution in [0.3, 0.4) is 0 Å². The number of carbonyl (C=O) groups is 1. The van der Waals surface area contributed by atoms with Gasteiger partial charge in [0, 0.05) is 17.4 Å². The molecule has 1 fully saturated rings. The summed E-state index contributed by atoms with van der Waals surface area (Å²) in [7, 11) is 0. The van der Waals surface area contributed by atoms with Crippen molar-refractivity contribution in [3.8, 4) is 22.6 Å². The van der Waals surface area contributed by atoms with Crippen molar-refractivity contribution in [2.24, 2.45) is 0 Å². The molecule has 0 unspecified atom stereocenters. The number of alkyl halides is 2. The van der Waals surface area contributed by atoms with Crippen LogP contribution in [0.25, 0.3) is 33.7 Å². The smallest absolute Gasteiger partial charge is 0.290 e. The molecule has 1 saturated heterocycles. The number of H-pyrrole nitrogens is 2. The summed E-state index contributed by atoms with van der Waals surface area (Å²) in [6, 6.07) is 14.9. The van der Waals surface area contributed by atoms with Gasteiger partial charge in [-0.1, -0.05) is 12.1 Å². The summed E-state index contributed by atoms with van der Waals surface area (Å²) in [6.07, 6.45) is 5.05. The Balaban J connectivity index is 1.21. The second-order valence-electron chi connectivity index (χ2n) is 8.27. The van der Waals surface area contributed by atoms with Crippen LogP contribution in [0.1, 0.15) is 10.6 Å². The Morgan fingerprint density at radius 2 is 1.83 bits per heavy atom. The van der Waals surface area contributed by atoms with Crippen molar-refractivity contribution in [2.75, 3.05) is 18.4 Å². The number of imidazole rings is 2. The van der Waals surface area contributed by atoms with E-state index in [4.69, 9.17) is 0 Å². The van der Waals surface area contributed by atoms with Crippen molar-refractivity contribution < 1.29 is 13.6 Å².